The molecule has 1 heterocycles. The first-order chi connectivity index (χ1) is 16.6. The number of benzene rings is 1. The number of nitrogens with zero attached hydrogens (tertiary/aromatic N) is 1. The van der Waals surface area contributed by atoms with Crippen LogP contribution in [0.15, 0.2) is 53.4 Å². The fraction of sp³-hybridized carbons (Fsp3) is 0.500. The van der Waals surface area contributed by atoms with Gasteiger partial charge in [0.05, 0.1) is 13.5 Å². The molecule has 1 fully saturated rings. The summed E-state index contributed by atoms with van der Waals surface area (Å²) < 4.78 is 5.33. The Labute approximate surface area is 207 Å². The van der Waals surface area contributed by atoms with Crippen molar-refractivity contribution in [2.75, 3.05) is 13.7 Å². The lowest BCUT2D eigenvalue weighted by molar-refractivity contribution is -0.140. The highest BCUT2D eigenvalue weighted by Gasteiger charge is 2.33. The molecule has 182 valence electrons. The number of hydrogen-bond donors (Lipinski definition) is 1. The van der Waals surface area contributed by atoms with Gasteiger partial charge < -0.3 is 15.0 Å². The fourth-order valence-electron chi connectivity index (χ4n) is 5.07. The summed E-state index contributed by atoms with van der Waals surface area (Å²) in [6.07, 6.45) is 12.4. The highest BCUT2D eigenvalue weighted by atomic mass is 32.1. The zero-order valence-electron chi connectivity index (χ0n) is 20.1. The molecule has 2 aliphatic rings. The van der Waals surface area contributed by atoms with E-state index in [-0.39, 0.29) is 17.9 Å². The van der Waals surface area contributed by atoms with Crippen LogP contribution in [-0.2, 0) is 16.0 Å². The van der Waals surface area contributed by atoms with Crippen molar-refractivity contribution in [2.24, 2.45) is 0 Å². The van der Waals surface area contributed by atoms with Crippen molar-refractivity contribution in [1.29, 1.82) is 0 Å². The minimum Gasteiger partial charge on any atom is -0.497 e. The van der Waals surface area contributed by atoms with Crippen molar-refractivity contribution in [3.05, 3.63) is 63.9 Å². The molecule has 5 nitrogen and oxygen atoms in total. The van der Waals surface area contributed by atoms with Crippen molar-refractivity contribution < 1.29 is 14.3 Å². The Hall–Kier alpha value is -2.60. The van der Waals surface area contributed by atoms with Crippen molar-refractivity contribution in [2.45, 2.75) is 76.3 Å². The number of ether oxygens (including phenoxy) is 1. The minimum atomic E-state index is -0.650. The number of carbonyl (C=O) groups is 2. The second kappa shape index (κ2) is 12.2. The van der Waals surface area contributed by atoms with Gasteiger partial charge in [0.1, 0.15) is 11.8 Å². The van der Waals surface area contributed by atoms with Crippen LogP contribution in [0.2, 0.25) is 0 Å². The van der Waals surface area contributed by atoms with Gasteiger partial charge in [0, 0.05) is 17.5 Å². The average molecular weight is 481 g/mol. The molecule has 1 aromatic heterocycles. The van der Waals surface area contributed by atoms with Crippen LogP contribution in [0.5, 0.6) is 5.75 Å². The third kappa shape index (κ3) is 6.50. The van der Waals surface area contributed by atoms with Gasteiger partial charge in [0.25, 0.3) is 0 Å². The van der Waals surface area contributed by atoms with Crippen LogP contribution < -0.4 is 10.1 Å². The third-order valence-electron chi connectivity index (χ3n) is 6.98. The number of carbonyl (C=O) groups excluding carboxylic acids is 2. The summed E-state index contributed by atoms with van der Waals surface area (Å²) >= 11 is 1.59. The Morgan fingerprint density at radius 1 is 1.12 bits per heavy atom. The highest BCUT2D eigenvalue weighted by molar-refractivity contribution is 7.10. The molecule has 6 heteroatoms. The maximum atomic E-state index is 13.7. The van der Waals surface area contributed by atoms with E-state index < -0.39 is 6.04 Å². The molecule has 2 amide bonds. The normalized spacial score (nSPS) is 17.1. The van der Waals surface area contributed by atoms with E-state index >= 15 is 0 Å². The molecule has 0 aliphatic heterocycles. The molecule has 1 saturated carbocycles. The number of nitrogens with one attached hydrogen (secondary N) is 1. The zero-order chi connectivity index (χ0) is 23.8. The summed E-state index contributed by atoms with van der Waals surface area (Å²) in [6, 6.07) is 11.1. The predicted octanol–water partition coefficient (Wildman–Crippen LogP) is 5.82. The maximum Gasteiger partial charge on any atom is 0.247 e. The number of methoxy groups -OCH3 is 1. The van der Waals surface area contributed by atoms with E-state index in [4.69, 9.17) is 4.74 Å². The fourth-order valence-corrected chi connectivity index (χ4v) is 5.76. The summed E-state index contributed by atoms with van der Waals surface area (Å²) in [4.78, 5) is 30.2. The largest absolute Gasteiger partial charge is 0.497 e. The zero-order valence-corrected chi connectivity index (χ0v) is 20.9. The Morgan fingerprint density at radius 2 is 1.91 bits per heavy atom. The first kappa shape index (κ1) is 24.5. The van der Waals surface area contributed by atoms with E-state index in [1.54, 1.807) is 18.4 Å². The van der Waals surface area contributed by atoms with Gasteiger partial charge >= 0.3 is 0 Å². The van der Waals surface area contributed by atoms with Gasteiger partial charge in [-0.1, -0.05) is 42.7 Å². The van der Waals surface area contributed by atoms with Gasteiger partial charge in [-0.3, -0.25) is 9.59 Å². The maximum absolute atomic E-state index is 13.7. The molecular formula is C28H36N2O3S. The molecule has 0 spiro atoms. The van der Waals surface area contributed by atoms with Gasteiger partial charge in [-0.2, -0.15) is 0 Å². The molecule has 2 aliphatic carbocycles. The Balaban J connectivity index is 1.62. The number of thiophene rings is 1. The van der Waals surface area contributed by atoms with Crippen molar-refractivity contribution in [3.8, 4) is 5.75 Å². The molecule has 4 rings (SSSR count). The van der Waals surface area contributed by atoms with E-state index in [2.05, 4.69) is 11.4 Å². The van der Waals surface area contributed by atoms with Gasteiger partial charge in [-0.05, 0) is 74.1 Å². The number of allylic oxidation sites excluding steroid dienone is 1. The summed E-state index contributed by atoms with van der Waals surface area (Å²) in [5, 5.41) is 5.26. The molecule has 0 unspecified atom stereocenters. The lowest BCUT2D eigenvalue weighted by Gasteiger charge is -2.33. The van der Waals surface area contributed by atoms with Crippen LogP contribution in [0, 0.1) is 0 Å². The second-order valence-corrected chi connectivity index (χ2v) is 10.4. The summed E-state index contributed by atoms with van der Waals surface area (Å²) in [5.41, 5.74) is 2.23. The van der Waals surface area contributed by atoms with E-state index in [9.17, 15) is 9.59 Å². The molecule has 1 atom stereocenters. The first-order valence-corrected chi connectivity index (χ1v) is 13.5. The molecule has 0 saturated heterocycles. The van der Waals surface area contributed by atoms with E-state index in [0.29, 0.717) is 13.0 Å². The Kier molecular flexibility index (Phi) is 8.80. The lowest BCUT2D eigenvalue weighted by atomic mass is 9.96. The van der Waals surface area contributed by atoms with Crippen LogP contribution in [0.3, 0.4) is 0 Å². The molecule has 1 aromatic carbocycles. The van der Waals surface area contributed by atoms with Gasteiger partial charge in [0.2, 0.25) is 11.8 Å². The monoisotopic (exact) mass is 480 g/mol. The van der Waals surface area contributed by atoms with Crippen LogP contribution in [-0.4, -0.2) is 36.4 Å². The van der Waals surface area contributed by atoms with Crippen LogP contribution in [0.4, 0.5) is 0 Å². The average Bonchev–Trinajstić information content (AvgIpc) is 3.57. The number of rotatable bonds is 10. The minimum absolute atomic E-state index is 0.00116. The van der Waals surface area contributed by atoms with Crippen molar-refractivity contribution >= 4 is 23.2 Å². The molecule has 1 N–H and O–H groups in total. The first-order valence-electron chi connectivity index (χ1n) is 12.6. The quantitative estimate of drug-likeness (QED) is 0.436. The molecule has 0 bridgehead atoms. The highest BCUT2D eigenvalue weighted by Crippen LogP contribution is 2.29. The summed E-state index contributed by atoms with van der Waals surface area (Å²) in [7, 11) is 1.63. The topological polar surface area (TPSA) is 58.6 Å². The molecule has 0 radical (unpaired) electrons. The predicted molar refractivity (Wildman–Crippen MR) is 137 cm³/mol. The SMILES string of the molecule is COc1ccc([C@@H](C(=O)NC2CCCC2)N(CCC2=CCCCC2)C(=O)Cc2cccs2)cc1. The van der Waals surface area contributed by atoms with E-state index in [0.717, 1.165) is 61.1 Å². The third-order valence-corrected chi connectivity index (χ3v) is 7.85. The summed E-state index contributed by atoms with van der Waals surface area (Å²) in [5.74, 6) is 0.665. The van der Waals surface area contributed by atoms with Crippen LogP contribution >= 0.6 is 11.3 Å². The smallest absolute Gasteiger partial charge is 0.247 e. The van der Waals surface area contributed by atoms with Crippen LogP contribution in [0.1, 0.15) is 74.3 Å². The summed E-state index contributed by atoms with van der Waals surface area (Å²) in [6.45, 7) is 0.546. The van der Waals surface area contributed by atoms with Crippen molar-refractivity contribution in [3.63, 3.8) is 0 Å². The molecule has 34 heavy (non-hydrogen) atoms. The Bertz CT molecular complexity index is 962. The number of amides is 2. The Morgan fingerprint density at radius 3 is 2.56 bits per heavy atom. The van der Waals surface area contributed by atoms with Gasteiger partial charge in [-0.15, -0.1) is 11.3 Å². The van der Waals surface area contributed by atoms with Gasteiger partial charge in [-0.25, -0.2) is 0 Å². The van der Waals surface area contributed by atoms with Crippen LogP contribution in [0.25, 0.3) is 0 Å². The van der Waals surface area contributed by atoms with E-state index in [1.807, 2.05) is 46.7 Å². The second-order valence-electron chi connectivity index (χ2n) is 9.37. The lowest BCUT2D eigenvalue weighted by Crippen LogP contribution is -2.47. The molecular weight excluding hydrogens is 444 g/mol. The molecule has 2 aromatic rings. The number of hydrogen-bond acceptors (Lipinski definition) is 4. The van der Waals surface area contributed by atoms with Gasteiger partial charge in [0.15, 0.2) is 0 Å². The standard InChI is InChI=1S/C28H36N2O3S/c1-33-24-15-13-22(14-16-24)27(28(32)29-23-10-5-6-11-23)30(18-17-21-8-3-2-4-9-21)26(31)20-25-12-7-19-34-25/h7-8,12-16,19,23,27H,2-6,9-11,17-18,20H2,1H3,(H,29,32)/t27-/m0/s1. The van der Waals surface area contributed by atoms with Crippen molar-refractivity contribution in [1.82, 2.24) is 10.2 Å². The van der Waals surface area contributed by atoms with E-state index in [1.165, 1.54) is 18.4 Å².